The number of carbonyl (C=O) groups excluding carboxylic acids is 1. The highest BCUT2D eigenvalue weighted by molar-refractivity contribution is 5.94. The van der Waals surface area contributed by atoms with Crippen molar-refractivity contribution >= 4 is 22.9 Å². The highest BCUT2D eigenvalue weighted by atomic mass is 16.1. The number of fused-ring (bicyclic) bond motifs is 2. The fraction of sp³-hybridized carbons (Fsp3) is 0.240. The number of rotatable bonds is 5. The fourth-order valence-corrected chi connectivity index (χ4v) is 4.34. The summed E-state index contributed by atoms with van der Waals surface area (Å²) >= 11 is 0. The van der Waals surface area contributed by atoms with Crippen LogP contribution in [0.5, 0.6) is 0 Å². The van der Waals surface area contributed by atoms with E-state index in [4.69, 9.17) is 15.7 Å². The Morgan fingerprint density at radius 2 is 1.97 bits per heavy atom. The number of anilines is 2. The van der Waals surface area contributed by atoms with Crippen molar-refractivity contribution in [3.8, 4) is 11.4 Å². The Hall–Kier alpha value is -3.87. The normalized spacial score (nSPS) is 13.3. The number of hydrogen-bond acceptors (Lipinski definition) is 5. The van der Waals surface area contributed by atoms with Crippen molar-refractivity contribution in [2.45, 2.75) is 32.7 Å². The monoisotopic (exact) mass is 426 g/mol. The lowest BCUT2D eigenvalue weighted by atomic mass is 10.1. The minimum atomic E-state index is -0.464. The molecule has 1 aliphatic rings. The Bertz CT molecular complexity index is 1300. The number of nitrogens with one attached hydrogen (secondary N) is 2. The lowest BCUT2D eigenvalue weighted by Crippen LogP contribution is -2.15. The van der Waals surface area contributed by atoms with Gasteiger partial charge in [0.25, 0.3) is 5.91 Å². The van der Waals surface area contributed by atoms with Crippen LogP contribution in [0.25, 0.3) is 16.9 Å². The SMILES string of the molecule is Cc1cn2c(C(N)=O)cccc2c1-c1nc2c(c(NCc3ccccc3)n1)NCCCC2. The third-order valence-corrected chi connectivity index (χ3v) is 5.91. The first-order chi connectivity index (χ1) is 15.6. The molecular weight excluding hydrogens is 400 g/mol. The van der Waals surface area contributed by atoms with E-state index in [1.54, 1.807) is 6.07 Å². The van der Waals surface area contributed by atoms with E-state index in [1.165, 1.54) is 5.56 Å². The molecule has 7 heteroatoms. The lowest BCUT2D eigenvalue weighted by molar-refractivity contribution is 0.0994. The molecule has 0 unspecified atom stereocenters. The number of hydrogen-bond donors (Lipinski definition) is 3. The molecule has 0 bridgehead atoms. The Kier molecular flexibility index (Phi) is 5.23. The van der Waals surface area contributed by atoms with Gasteiger partial charge < -0.3 is 20.8 Å². The molecule has 7 nitrogen and oxygen atoms in total. The van der Waals surface area contributed by atoms with Crippen molar-refractivity contribution in [1.82, 2.24) is 14.4 Å². The smallest absolute Gasteiger partial charge is 0.265 e. The molecule has 1 amide bonds. The number of benzene rings is 1. The van der Waals surface area contributed by atoms with Crippen LogP contribution in [-0.2, 0) is 13.0 Å². The van der Waals surface area contributed by atoms with E-state index >= 15 is 0 Å². The van der Waals surface area contributed by atoms with E-state index in [0.717, 1.165) is 59.7 Å². The predicted octanol–water partition coefficient (Wildman–Crippen LogP) is 4.16. The molecule has 1 aromatic carbocycles. The predicted molar refractivity (Wildman–Crippen MR) is 127 cm³/mol. The second-order valence-electron chi connectivity index (χ2n) is 8.16. The molecular formula is C25H26N6O. The molecule has 4 heterocycles. The van der Waals surface area contributed by atoms with Crippen molar-refractivity contribution in [3.63, 3.8) is 0 Å². The molecule has 0 spiro atoms. The molecule has 0 fully saturated rings. The van der Waals surface area contributed by atoms with Crippen LogP contribution < -0.4 is 16.4 Å². The molecule has 5 rings (SSSR count). The standard InChI is InChI=1S/C25H26N6O/c1-16-15-31-19(11-7-12-20(31)23(26)32)21(16)24-29-18-10-5-6-13-27-22(18)25(30-24)28-14-17-8-3-2-4-9-17/h2-4,7-9,11-12,15,27H,5-6,10,13-14H2,1H3,(H2,26,32)(H,28,29,30). The summed E-state index contributed by atoms with van der Waals surface area (Å²) in [7, 11) is 0. The van der Waals surface area contributed by atoms with Gasteiger partial charge in [-0.15, -0.1) is 0 Å². The van der Waals surface area contributed by atoms with E-state index in [-0.39, 0.29) is 0 Å². The van der Waals surface area contributed by atoms with Gasteiger partial charge in [-0.1, -0.05) is 36.4 Å². The van der Waals surface area contributed by atoms with Gasteiger partial charge in [-0.2, -0.15) is 0 Å². The van der Waals surface area contributed by atoms with Crippen LogP contribution in [0.1, 0.15) is 40.2 Å². The van der Waals surface area contributed by atoms with Crippen LogP contribution in [0.4, 0.5) is 11.5 Å². The van der Waals surface area contributed by atoms with E-state index < -0.39 is 5.91 Å². The summed E-state index contributed by atoms with van der Waals surface area (Å²) in [5, 5.41) is 7.05. The van der Waals surface area contributed by atoms with Crippen LogP contribution in [0.15, 0.2) is 54.7 Å². The van der Waals surface area contributed by atoms with Gasteiger partial charge in [-0.3, -0.25) is 4.79 Å². The number of pyridine rings is 1. The zero-order valence-electron chi connectivity index (χ0n) is 18.1. The average molecular weight is 427 g/mol. The zero-order valence-corrected chi connectivity index (χ0v) is 18.1. The number of nitrogens with two attached hydrogens (primary N) is 1. The van der Waals surface area contributed by atoms with Gasteiger partial charge >= 0.3 is 0 Å². The van der Waals surface area contributed by atoms with Crippen molar-refractivity contribution in [2.75, 3.05) is 17.2 Å². The number of aryl methyl sites for hydroxylation is 2. The first-order valence-electron chi connectivity index (χ1n) is 11.0. The minimum Gasteiger partial charge on any atom is -0.381 e. The summed E-state index contributed by atoms with van der Waals surface area (Å²) < 4.78 is 1.83. The highest BCUT2D eigenvalue weighted by Crippen LogP contribution is 2.34. The Balaban J connectivity index is 1.63. The molecule has 1 aliphatic heterocycles. The van der Waals surface area contributed by atoms with E-state index in [1.807, 2.05) is 47.9 Å². The first-order valence-corrected chi connectivity index (χ1v) is 11.0. The van der Waals surface area contributed by atoms with Crippen LogP contribution >= 0.6 is 0 Å². The van der Waals surface area contributed by atoms with Gasteiger partial charge in [0, 0.05) is 24.8 Å². The number of amides is 1. The van der Waals surface area contributed by atoms with E-state index in [9.17, 15) is 4.79 Å². The minimum absolute atomic E-state index is 0.440. The number of carbonyl (C=O) groups is 1. The van der Waals surface area contributed by atoms with Gasteiger partial charge in [0.05, 0.1) is 16.9 Å². The summed E-state index contributed by atoms with van der Waals surface area (Å²) in [6.45, 7) is 3.59. The quantitative estimate of drug-likeness (QED) is 0.445. The molecule has 3 aromatic heterocycles. The second kappa shape index (κ2) is 8.34. The molecule has 4 N–H and O–H groups in total. The van der Waals surface area contributed by atoms with Gasteiger partial charge in [0.2, 0.25) is 0 Å². The zero-order chi connectivity index (χ0) is 22.1. The average Bonchev–Trinajstić information content (AvgIpc) is 2.96. The Labute approximate surface area is 186 Å². The third-order valence-electron chi connectivity index (χ3n) is 5.91. The van der Waals surface area contributed by atoms with Crippen molar-refractivity contribution < 1.29 is 4.79 Å². The summed E-state index contributed by atoms with van der Waals surface area (Å²) in [4.78, 5) is 21.9. The number of primary amides is 1. The molecule has 162 valence electrons. The first kappa shape index (κ1) is 20.1. The molecule has 0 aliphatic carbocycles. The Morgan fingerprint density at radius 1 is 1.12 bits per heavy atom. The topological polar surface area (TPSA) is 97.3 Å². The van der Waals surface area contributed by atoms with Crippen LogP contribution in [0.3, 0.4) is 0 Å². The van der Waals surface area contributed by atoms with Crippen molar-refractivity contribution in [3.05, 3.63) is 77.2 Å². The second-order valence-corrected chi connectivity index (χ2v) is 8.16. The molecule has 32 heavy (non-hydrogen) atoms. The lowest BCUT2D eigenvalue weighted by Gasteiger charge is -2.16. The summed E-state index contributed by atoms with van der Waals surface area (Å²) in [5.74, 6) is 1.000. The maximum Gasteiger partial charge on any atom is 0.265 e. The fourth-order valence-electron chi connectivity index (χ4n) is 4.34. The summed E-state index contributed by atoms with van der Waals surface area (Å²) in [6, 6.07) is 15.8. The summed E-state index contributed by atoms with van der Waals surface area (Å²) in [6.07, 6.45) is 5.00. The maximum absolute atomic E-state index is 11.9. The van der Waals surface area contributed by atoms with Gasteiger partial charge in [-0.25, -0.2) is 9.97 Å². The third kappa shape index (κ3) is 3.66. The summed E-state index contributed by atoms with van der Waals surface area (Å²) in [5.41, 5.74) is 12.0. The number of nitrogens with zero attached hydrogens (tertiary/aromatic N) is 3. The van der Waals surface area contributed by atoms with Crippen molar-refractivity contribution in [2.24, 2.45) is 5.73 Å². The Morgan fingerprint density at radius 3 is 2.78 bits per heavy atom. The molecule has 4 aromatic rings. The van der Waals surface area contributed by atoms with Crippen LogP contribution in [0, 0.1) is 6.92 Å². The van der Waals surface area contributed by atoms with Gasteiger partial charge in [0.1, 0.15) is 5.69 Å². The van der Waals surface area contributed by atoms with Gasteiger partial charge in [-0.05, 0) is 49.4 Å². The molecule has 0 atom stereocenters. The van der Waals surface area contributed by atoms with Crippen LogP contribution in [0.2, 0.25) is 0 Å². The molecule has 0 saturated carbocycles. The van der Waals surface area contributed by atoms with Gasteiger partial charge in [0.15, 0.2) is 11.6 Å². The molecule has 0 saturated heterocycles. The van der Waals surface area contributed by atoms with E-state index in [0.29, 0.717) is 18.1 Å². The highest BCUT2D eigenvalue weighted by Gasteiger charge is 2.21. The molecule has 0 radical (unpaired) electrons. The number of aromatic nitrogens is 3. The maximum atomic E-state index is 11.9. The largest absolute Gasteiger partial charge is 0.381 e. The van der Waals surface area contributed by atoms with Crippen molar-refractivity contribution in [1.29, 1.82) is 0 Å². The van der Waals surface area contributed by atoms with E-state index in [2.05, 4.69) is 22.8 Å². The van der Waals surface area contributed by atoms with Crippen LogP contribution in [-0.4, -0.2) is 26.8 Å².